The molecular formula is C12H13FN2O2. The van der Waals surface area contributed by atoms with Crippen molar-refractivity contribution in [1.82, 2.24) is 0 Å². The van der Waals surface area contributed by atoms with E-state index in [1.807, 2.05) is 0 Å². The lowest BCUT2D eigenvalue weighted by molar-refractivity contribution is -0.141. The van der Waals surface area contributed by atoms with Crippen molar-refractivity contribution >= 4 is 11.7 Å². The fraction of sp³-hybridized carbons (Fsp3) is 0.333. The Morgan fingerprint density at radius 1 is 1.65 bits per heavy atom. The van der Waals surface area contributed by atoms with Gasteiger partial charge < -0.3 is 10.4 Å². The number of anilines is 1. The summed E-state index contributed by atoms with van der Waals surface area (Å²) in [5.74, 6) is -1.62. The topological polar surface area (TPSA) is 73.1 Å². The maximum absolute atomic E-state index is 13.1. The van der Waals surface area contributed by atoms with Gasteiger partial charge in [0, 0.05) is 5.69 Å². The number of nitrogens with one attached hydrogen (secondary N) is 1. The molecule has 5 heteroatoms. The second kappa shape index (κ2) is 4.83. The minimum absolute atomic E-state index is 0.112. The van der Waals surface area contributed by atoms with Crippen molar-refractivity contribution in [3.63, 3.8) is 0 Å². The number of carbonyl (C=O) groups is 1. The molecule has 0 radical (unpaired) electrons. The van der Waals surface area contributed by atoms with E-state index in [1.165, 1.54) is 19.1 Å². The van der Waals surface area contributed by atoms with Gasteiger partial charge in [-0.25, -0.2) is 9.18 Å². The van der Waals surface area contributed by atoms with Crippen LogP contribution in [0.2, 0.25) is 0 Å². The molecule has 90 valence electrons. The molecule has 1 aromatic rings. The van der Waals surface area contributed by atoms with E-state index in [1.54, 1.807) is 13.0 Å². The van der Waals surface area contributed by atoms with Gasteiger partial charge in [0.05, 0.1) is 5.56 Å². The fourth-order valence-corrected chi connectivity index (χ4v) is 1.30. The van der Waals surface area contributed by atoms with Gasteiger partial charge in [0.2, 0.25) is 0 Å². The molecule has 0 heterocycles. The molecule has 0 saturated carbocycles. The number of carboxylic acid groups (broad SMARTS) is 1. The normalized spacial score (nSPS) is 13.5. The summed E-state index contributed by atoms with van der Waals surface area (Å²) in [5.41, 5.74) is -0.835. The number of nitrogens with zero attached hydrogens (tertiary/aromatic N) is 1. The predicted octanol–water partition coefficient (Wildman–Crippen LogP) is 2.36. The molecule has 0 aliphatic carbocycles. The molecule has 1 rings (SSSR count). The molecule has 0 aliphatic rings. The monoisotopic (exact) mass is 236 g/mol. The summed E-state index contributed by atoms with van der Waals surface area (Å²) >= 11 is 0. The number of carboxylic acids is 1. The van der Waals surface area contributed by atoms with Crippen molar-refractivity contribution in [3.8, 4) is 6.07 Å². The van der Waals surface area contributed by atoms with E-state index in [2.05, 4.69) is 5.32 Å². The Morgan fingerprint density at radius 3 is 2.76 bits per heavy atom. The smallest absolute Gasteiger partial charge is 0.329 e. The number of hydrogen-bond acceptors (Lipinski definition) is 3. The van der Waals surface area contributed by atoms with Gasteiger partial charge in [0.25, 0.3) is 0 Å². The van der Waals surface area contributed by atoms with E-state index >= 15 is 0 Å². The molecule has 0 saturated heterocycles. The Kier molecular flexibility index (Phi) is 3.69. The van der Waals surface area contributed by atoms with E-state index in [4.69, 9.17) is 10.4 Å². The second-order valence-corrected chi connectivity index (χ2v) is 3.92. The first kappa shape index (κ1) is 13.0. The second-order valence-electron chi connectivity index (χ2n) is 3.92. The molecule has 0 bridgehead atoms. The van der Waals surface area contributed by atoms with Crippen molar-refractivity contribution in [2.24, 2.45) is 0 Å². The molecule has 1 atom stereocenters. The molecule has 1 unspecified atom stereocenters. The highest BCUT2D eigenvalue weighted by Crippen LogP contribution is 2.21. The zero-order valence-corrected chi connectivity index (χ0v) is 9.62. The van der Waals surface area contributed by atoms with E-state index in [0.29, 0.717) is 12.1 Å². The third kappa shape index (κ3) is 2.72. The summed E-state index contributed by atoms with van der Waals surface area (Å²) in [7, 11) is 0. The van der Waals surface area contributed by atoms with E-state index in [-0.39, 0.29) is 5.56 Å². The minimum atomic E-state index is -1.13. The molecule has 0 aromatic heterocycles. The van der Waals surface area contributed by atoms with Crippen molar-refractivity contribution in [2.45, 2.75) is 25.8 Å². The quantitative estimate of drug-likeness (QED) is 0.841. The highest BCUT2D eigenvalue weighted by Gasteiger charge is 2.30. The van der Waals surface area contributed by atoms with Crippen LogP contribution in [0, 0.1) is 17.1 Å². The minimum Gasteiger partial charge on any atom is -0.480 e. The van der Waals surface area contributed by atoms with Gasteiger partial charge in [-0.05, 0) is 31.5 Å². The van der Waals surface area contributed by atoms with Crippen LogP contribution < -0.4 is 5.32 Å². The van der Waals surface area contributed by atoms with Crippen LogP contribution in [0.1, 0.15) is 25.8 Å². The van der Waals surface area contributed by atoms with Gasteiger partial charge in [-0.1, -0.05) is 6.92 Å². The first-order chi connectivity index (χ1) is 7.92. The maximum atomic E-state index is 13.1. The average Bonchev–Trinajstić information content (AvgIpc) is 2.31. The molecule has 0 fully saturated rings. The maximum Gasteiger partial charge on any atom is 0.329 e. The summed E-state index contributed by atoms with van der Waals surface area (Å²) in [6.45, 7) is 3.26. The van der Waals surface area contributed by atoms with Crippen LogP contribution in [-0.4, -0.2) is 16.6 Å². The Bertz CT molecular complexity index is 482. The third-order valence-corrected chi connectivity index (χ3v) is 2.69. The van der Waals surface area contributed by atoms with Gasteiger partial charge >= 0.3 is 5.97 Å². The number of aliphatic carboxylic acids is 1. The molecule has 4 nitrogen and oxygen atoms in total. The number of halogens is 1. The zero-order valence-electron chi connectivity index (χ0n) is 9.62. The predicted molar refractivity (Wildman–Crippen MR) is 61.1 cm³/mol. The lowest BCUT2D eigenvalue weighted by Gasteiger charge is -2.25. The number of benzene rings is 1. The molecule has 17 heavy (non-hydrogen) atoms. The van der Waals surface area contributed by atoms with Crippen LogP contribution in [0.5, 0.6) is 0 Å². The summed E-state index contributed by atoms with van der Waals surface area (Å²) < 4.78 is 13.1. The van der Waals surface area contributed by atoms with Crippen LogP contribution in [0.3, 0.4) is 0 Å². The van der Waals surface area contributed by atoms with E-state index in [9.17, 15) is 9.18 Å². The number of hydrogen-bond donors (Lipinski definition) is 2. The zero-order chi connectivity index (χ0) is 13.1. The average molecular weight is 236 g/mol. The lowest BCUT2D eigenvalue weighted by atomic mass is 9.98. The van der Waals surface area contributed by atoms with Crippen molar-refractivity contribution in [2.75, 3.05) is 5.32 Å². The van der Waals surface area contributed by atoms with Gasteiger partial charge in [-0.15, -0.1) is 0 Å². The van der Waals surface area contributed by atoms with Gasteiger partial charge in [0.15, 0.2) is 0 Å². The highest BCUT2D eigenvalue weighted by atomic mass is 19.1. The molecule has 0 spiro atoms. The van der Waals surface area contributed by atoms with Crippen LogP contribution in [0.25, 0.3) is 0 Å². The standard InChI is InChI=1S/C12H13FN2O2/c1-3-12(2,11(16)17)15-9-4-5-10(13)8(6-9)7-14/h4-6,15H,3H2,1-2H3,(H,16,17). The van der Waals surface area contributed by atoms with Crippen LogP contribution in [0.4, 0.5) is 10.1 Å². The van der Waals surface area contributed by atoms with Crippen molar-refractivity contribution in [3.05, 3.63) is 29.6 Å². The van der Waals surface area contributed by atoms with Crippen molar-refractivity contribution < 1.29 is 14.3 Å². The molecule has 0 aliphatic heterocycles. The summed E-state index contributed by atoms with van der Waals surface area (Å²) in [4.78, 5) is 11.1. The third-order valence-electron chi connectivity index (χ3n) is 2.69. The Balaban J connectivity index is 3.04. The van der Waals surface area contributed by atoms with Crippen LogP contribution >= 0.6 is 0 Å². The van der Waals surface area contributed by atoms with Crippen LogP contribution in [-0.2, 0) is 4.79 Å². The Morgan fingerprint density at radius 2 is 2.29 bits per heavy atom. The number of rotatable bonds is 4. The molecule has 1 aromatic carbocycles. The van der Waals surface area contributed by atoms with Gasteiger partial charge in [0.1, 0.15) is 17.4 Å². The van der Waals surface area contributed by atoms with Crippen molar-refractivity contribution in [1.29, 1.82) is 5.26 Å². The van der Waals surface area contributed by atoms with Gasteiger partial charge in [-0.3, -0.25) is 0 Å². The first-order valence-electron chi connectivity index (χ1n) is 5.14. The Hall–Kier alpha value is -2.09. The Labute approximate surface area is 98.7 Å². The summed E-state index contributed by atoms with van der Waals surface area (Å²) in [6, 6.07) is 5.55. The lowest BCUT2D eigenvalue weighted by Crippen LogP contribution is -2.42. The van der Waals surface area contributed by atoms with Gasteiger partial charge in [-0.2, -0.15) is 5.26 Å². The number of nitriles is 1. The van der Waals surface area contributed by atoms with E-state index < -0.39 is 17.3 Å². The summed E-state index contributed by atoms with van der Waals surface area (Å²) in [6.07, 6.45) is 0.363. The first-order valence-corrected chi connectivity index (χ1v) is 5.14. The molecule has 0 amide bonds. The fourth-order valence-electron chi connectivity index (χ4n) is 1.30. The highest BCUT2D eigenvalue weighted by molar-refractivity contribution is 5.82. The largest absolute Gasteiger partial charge is 0.480 e. The SMILES string of the molecule is CCC(C)(Nc1ccc(F)c(C#N)c1)C(=O)O. The molecule has 2 N–H and O–H groups in total. The molecular weight excluding hydrogens is 223 g/mol. The van der Waals surface area contributed by atoms with E-state index in [0.717, 1.165) is 6.07 Å². The summed E-state index contributed by atoms with van der Waals surface area (Å²) in [5, 5.41) is 20.5. The van der Waals surface area contributed by atoms with Crippen LogP contribution in [0.15, 0.2) is 18.2 Å².